The first-order valence-electron chi connectivity index (χ1n) is 7.28. The van der Waals surface area contributed by atoms with Crippen LogP contribution in [-0.4, -0.2) is 55.1 Å². The summed E-state index contributed by atoms with van der Waals surface area (Å²) in [6.45, 7) is 8.91. The molecule has 2 aliphatic heterocycles. The quantitative estimate of drug-likeness (QED) is 0.786. The van der Waals surface area contributed by atoms with E-state index in [4.69, 9.17) is 9.47 Å². The lowest BCUT2D eigenvalue weighted by Gasteiger charge is -2.34. The third-order valence-corrected chi connectivity index (χ3v) is 3.87. The van der Waals surface area contributed by atoms with Gasteiger partial charge >= 0.3 is 0 Å². The maximum atomic E-state index is 11.6. The number of fused-ring (bicyclic) bond motifs is 1. The smallest absolute Gasteiger partial charge is 0.246 e. The lowest BCUT2D eigenvalue weighted by molar-refractivity contribution is -0.127. The number of hydrogen-bond acceptors (Lipinski definition) is 4. The van der Waals surface area contributed by atoms with Crippen molar-refractivity contribution in [2.45, 2.75) is 6.54 Å². The van der Waals surface area contributed by atoms with Crippen molar-refractivity contribution in [1.29, 1.82) is 0 Å². The minimum Gasteiger partial charge on any atom is -0.486 e. The monoisotopic (exact) mass is 288 g/mol. The molecule has 112 valence electrons. The molecule has 5 heteroatoms. The van der Waals surface area contributed by atoms with Gasteiger partial charge in [0, 0.05) is 32.7 Å². The van der Waals surface area contributed by atoms with Crippen molar-refractivity contribution in [1.82, 2.24) is 9.80 Å². The summed E-state index contributed by atoms with van der Waals surface area (Å²) in [5.74, 6) is 1.68. The van der Waals surface area contributed by atoms with Gasteiger partial charge < -0.3 is 14.4 Å². The second kappa shape index (κ2) is 6.18. The Bertz CT molecular complexity index is 536. The van der Waals surface area contributed by atoms with Crippen LogP contribution in [0.3, 0.4) is 0 Å². The van der Waals surface area contributed by atoms with Crippen molar-refractivity contribution in [2.24, 2.45) is 0 Å². The van der Waals surface area contributed by atoms with Crippen molar-refractivity contribution < 1.29 is 14.3 Å². The topological polar surface area (TPSA) is 42.0 Å². The van der Waals surface area contributed by atoms with Crippen LogP contribution in [0.2, 0.25) is 0 Å². The molecule has 1 aromatic carbocycles. The molecule has 0 radical (unpaired) electrons. The van der Waals surface area contributed by atoms with Gasteiger partial charge in [-0.2, -0.15) is 0 Å². The fraction of sp³-hybridized carbons (Fsp3) is 0.438. The molecule has 2 aliphatic rings. The summed E-state index contributed by atoms with van der Waals surface area (Å²) in [6.07, 6.45) is 1.39. The van der Waals surface area contributed by atoms with Gasteiger partial charge in [0.1, 0.15) is 13.2 Å². The number of benzene rings is 1. The molecule has 1 amide bonds. The fourth-order valence-corrected chi connectivity index (χ4v) is 2.70. The van der Waals surface area contributed by atoms with Crippen molar-refractivity contribution in [2.75, 3.05) is 39.4 Å². The molecule has 0 unspecified atom stereocenters. The first-order chi connectivity index (χ1) is 10.3. The second-order valence-electron chi connectivity index (χ2n) is 5.28. The molecule has 0 bridgehead atoms. The summed E-state index contributed by atoms with van der Waals surface area (Å²) in [4.78, 5) is 15.7. The minimum atomic E-state index is 0.0222. The lowest BCUT2D eigenvalue weighted by Crippen LogP contribution is -2.47. The SMILES string of the molecule is C=CC(=O)N1CCN(Cc2ccc3c(c2)OCCO3)CC1. The number of piperazine rings is 1. The van der Waals surface area contributed by atoms with Gasteiger partial charge in [0.25, 0.3) is 0 Å². The molecule has 0 spiro atoms. The zero-order valence-electron chi connectivity index (χ0n) is 12.1. The van der Waals surface area contributed by atoms with Crippen molar-refractivity contribution in [3.05, 3.63) is 36.4 Å². The Kier molecular flexibility index (Phi) is 4.10. The number of ether oxygens (including phenoxy) is 2. The van der Waals surface area contributed by atoms with Crippen LogP contribution in [-0.2, 0) is 11.3 Å². The summed E-state index contributed by atoms with van der Waals surface area (Å²) in [7, 11) is 0. The van der Waals surface area contributed by atoms with E-state index >= 15 is 0 Å². The number of nitrogens with zero attached hydrogens (tertiary/aromatic N) is 2. The van der Waals surface area contributed by atoms with E-state index in [9.17, 15) is 4.79 Å². The summed E-state index contributed by atoms with van der Waals surface area (Å²) in [5.41, 5.74) is 1.21. The van der Waals surface area contributed by atoms with Crippen LogP contribution in [0.4, 0.5) is 0 Å². The van der Waals surface area contributed by atoms with Crippen LogP contribution in [0.5, 0.6) is 11.5 Å². The molecule has 3 rings (SSSR count). The van der Waals surface area contributed by atoms with Gasteiger partial charge in [0.2, 0.25) is 5.91 Å². The predicted molar refractivity (Wildman–Crippen MR) is 79.5 cm³/mol. The van der Waals surface area contributed by atoms with E-state index in [1.54, 1.807) is 0 Å². The number of hydrogen-bond donors (Lipinski definition) is 0. The molecule has 2 heterocycles. The summed E-state index contributed by atoms with van der Waals surface area (Å²) in [6, 6.07) is 6.10. The highest BCUT2D eigenvalue weighted by molar-refractivity contribution is 5.87. The molecule has 1 saturated heterocycles. The van der Waals surface area contributed by atoms with Crippen LogP contribution in [0.25, 0.3) is 0 Å². The maximum Gasteiger partial charge on any atom is 0.246 e. The van der Waals surface area contributed by atoms with E-state index in [1.807, 2.05) is 11.0 Å². The molecule has 1 aromatic rings. The molecule has 0 atom stereocenters. The Hall–Kier alpha value is -2.01. The number of carbonyl (C=O) groups excluding carboxylic acids is 1. The minimum absolute atomic E-state index is 0.0222. The van der Waals surface area contributed by atoms with Crippen LogP contribution in [0.15, 0.2) is 30.9 Å². The highest BCUT2D eigenvalue weighted by atomic mass is 16.6. The average Bonchev–Trinajstić information content (AvgIpc) is 2.55. The molecular formula is C16H20N2O3. The largest absolute Gasteiger partial charge is 0.486 e. The molecule has 0 saturated carbocycles. The molecule has 0 aliphatic carbocycles. The highest BCUT2D eigenvalue weighted by Gasteiger charge is 2.20. The van der Waals surface area contributed by atoms with Gasteiger partial charge in [0.15, 0.2) is 11.5 Å². The molecular weight excluding hydrogens is 268 g/mol. The van der Waals surface area contributed by atoms with E-state index in [2.05, 4.69) is 23.6 Å². The van der Waals surface area contributed by atoms with Gasteiger partial charge in [-0.1, -0.05) is 12.6 Å². The van der Waals surface area contributed by atoms with Gasteiger partial charge in [-0.05, 0) is 23.8 Å². The average molecular weight is 288 g/mol. The number of rotatable bonds is 3. The van der Waals surface area contributed by atoms with E-state index < -0.39 is 0 Å². The molecule has 1 fully saturated rings. The van der Waals surface area contributed by atoms with Gasteiger partial charge in [0.05, 0.1) is 0 Å². The molecule has 21 heavy (non-hydrogen) atoms. The lowest BCUT2D eigenvalue weighted by atomic mass is 10.1. The Morgan fingerprint density at radius 3 is 2.57 bits per heavy atom. The maximum absolute atomic E-state index is 11.6. The van der Waals surface area contributed by atoms with Crippen LogP contribution < -0.4 is 9.47 Å². The fourth-order valence-electron chi connectivity index (χ4n) is 2.70. The van der Waals surface area contributed by atoms with Crippen LogP contribution >= 0.6 is 0 Å². The molecule has 0 N–H and O–H groups in total. The van der Waals surface area contributed by atoms with Gasteiger partial charge in [-0.25, -0.2) is 0 Å². The van der Waals surface area contributed by atoms with E-state index in [1.165, 1.54) is 11.6 Å². The molecule has 5 nitrogen and oxygen atoms in total. The van der Waals surface area contributed by atoms with Crippen LogP contribution in [0.1, 0.15) is 5.56 Å². The first kappa shape index (κ1) is 13.9. The Labute approximate surface area is 124 Å². The third-order valence-electron chi connectivity index (χ3n) is 3.87. The Morgan fingerprint density at radius 1 is 1.14 bits per heavy atom. The zero-order chi connectivity index (χ0) is 14.7. The third kappa shape index (κ3) is 3.19. The normalized spacial score (nSPS) is 18.4. The van der Waals surface area contributed by atoms with E-state index in [0.29, 0.717) is 13.2 Å². The number of amides is 1. The highest BCUT2D eigenvalue weighted by Crippen LogP contribution is 2.31. The van der Waals surface area contributed by atoms with E-state index in [0.717, 1.165) is 44.2 Å². The van der Waals surface area contributed by atoms with Crippen molar-refractivity contribution >= 4 is 5.91 Å². The standard InChI is InChI=1S/C16H20N2O3/c1-2-16(19)18-7-5-17(6-8-18)12-13-3-4-14-15(11-13)21-10-9-20-14/h2-4,11H,1,5-10,12H2. The van der Waals surface area contributed by atoms with Crippen LogP contribution in [0, 0.1) is 0 Å². The predicted octanol–water partition coefficient (Wildman–Crippen LogP) is 1.29. The van der Waals surface area contributed by atoms with E-state index in [-0.39, 0.29) is 5.91 Å². The van der Waals surface area contributed by atoms with Crippen molar-refractivity contribution in [3.63, 3.8) is 0 Å². The summed E-state index contributed by atoms with van der Waals surface area (Å²) in [5, 5.41) is 0. The summed E-state index contributed by atoms with van der Waals surface area (Å²) < 4.78 is 11.1. The second-order valence-corrected chi connectivity index (χ2v) is 5.28. The summed E-state index contributed by atoms with van der Waals surface area (Å²) >= 11 is 0. The Morgan fingerprint density at radius 2 is 1.86 bits per heavy atom. The first-order valence-corrected chi connectivity index (χ1v) is 7.28. The van der Waals surface area contributed by atoms with Crippen molar-refractivity contribution in [3.8, 4) is 11.5 Å². The van der Waals surface area contributed by atoms with Gasteiger partial charge in [-0.3, -0.25) is 9.69 Å². The zero-order valence-corrected chi connectivity index (χ0v) is 12.1. The Balaban J connectivity index is 1.58. The number of carbonyl (C=O) groups is 1. The molecule has 0 aromatic heterocycles. The van der Waals surface area contributed by atoms with Gasteiger partial charge in [-0.15, -0.1) is 0 Å².